The zero-order valence-corrected chi connectivity index (χ0v) is 9.03. The van der Waals surface area contributed by atoms with Gasteiger partial charge >= 0.3 is 0 Å². The lowest BCUT2D eigenvalue weighted by molar-refractivity contribution is 0.536. The smallest absolute Gasteiger partial charge is 0.232 e. The summed E-state index contributed by atoms with van der Waals surface area (Å²) in [5, 5.41) is 6.47. The number of nitrogens with one attached hydrogen (secondary N) is 1. The van der Waals surface area contributed by atoms with Crippen molar-refractivity contribution in [3.8, 4) is 0 Å². The van der Waals surface area contributed by atoms with E-state index in [9.17, 15) is 8.42 Å². The number of nitrogens with zero attached hydrogens (tertiary/aromatic N) is 2. The van der Waals surface area contributed by atoms with Crippen LogP contribution in [-0.4, -0.2) is 35.7 Å². The Labute approximate surface area is 88.2 Å². The Morgan fingerprint density at radius 2 is 2.33 bits per heavy atom. The summed E-state index contributed by atoms with van der Waals surface area (Å²) in [6.45, 7) is 0.371. The molecule has 1 aliphatic rings. The van der Waals surface area contributed by atoms with Crippen LogP contribution in [0.15, 0.2) is 30.6 Å². The standard InChI is InChI=1S/C9H11N3O2S/c1-15(13,14)12-5-3-2-4-9(12)8-6-10-11-7-8/h2-4,6-7H,5H2,1H3,(H,10,11). The van der Waals surface area contributed by atoms with Crippen LogP contribution >= 0.6 is 0 Å². The highest BCUT2D eigenvalue weighted by Gasteiger charge is 2.21. The number of hydrogen-bond acceptors (Lipinski definition) is 3. The Balaban J connectivity index is 2.44. The lowest BCUT2D eigenvalue weighted by Crippen LogP contribution is -2.29. The maximum absolute atomic E-state index is 11.5. The minimum atomic E-state index is -3.23. The zero-order chi connectivity index (χ0) is 10.9. The van der Waals surface area contributed by atoms with Crippen LogP contribution in [0.2, 0.25) is 0 Å². The molecule has 80 valence electrons. The number of sulfonamides is 1. The summed E-state index contributed by atoms with van der Waals surface area (Å²) in [4.78, 5) is 0. The number of rotatable bonds is 2. The molecule has 2 heterocycles. The molecule has 6 heteroatoms. The van der Waals surface area contributed by atoms with E-state index in [1.54, 1.807) is 24.5 Å². The molecule has 0 saturated heterocycles. The monoisotopic (exact) mass is 225 g/mol. The summed E-state index contributed by atoms with van der Waals surface area (Å²) in [7, 11) is -3.23. The van der Waals surface area contributed by atoms with Crippen molar-refractivity contribution in [3.05, 3.63) is 36.2 Å². The van der Waals surface area contributed by atoms with E-state index in [2.05, 4.69) is 10.2 Å². The summed E-state index contributed by atoms with van der Waals surface area (Å²) in [6, 6.07) is 0. The molecule has 0 aromatic carbocycles. The first-order valence-corrected chi connectivity index (χ1v) is 6.27. The fourth-order valence-corrected chi connectivity index (χ4v) is 2.32. The molecule has 1 aromatic heterocycles. The Bertz CT molecular complexity index is 499. The quantitative estimate of drug-likeness (QED) is 0.800. The molecule has 0 fully saturated rings. The molecule has 0 aliphatic carbocycles. The molecule has 2 rings (SSSR count). The molecule has 1 aliphatic heterocycles. The number of H-pyrrole nitrogens is 1. The summed E-state index contributed by atoms with van der Waals surface area (Å²) in [5.41, 5.74) is 1.42. The van der Waals surface area contributed by atoms with Crippen LogP contribution in [-0.2, 0) is 10.0 Å². The average molecular weight is 225 g/mol. The second-order valence-electron chi connectivity index (χ2n) is 3.26. The molecule has 5 nitrogen and oxygen atoms in total. The van der Waals surface area contributed by atoms with Crippen molar-refractivity contribution >= 4 is 15.7 Å². The largest absolute Gasteiger partial charge is 0.285 e. The molecular formula is C9H11N3O2S. The predicted molar refractivity (Wildman–Crippen MR) is 57.3 cm³/mol. The molecular weight excluding hydrogens is 214 g/mol. The first-order valence-electron chi connectivity index (χ1n) is 4.43. The first kappa shape index (κ1) is 9.97. The highest BCUT2D eigenvalue weighted by Crippen LogP contribution is 2.23. The molecule has 0 bridgehead atoms. The Morgan fingerprint density at radius 1 is 1.53 bits per heavy atom. The van der Waals surface area contributed by atoms with Crippen molar-refractivity contribution in [3.63, 3.8) is 0 Å². The van der Waals surface area contributed by atoms with Crippen LogP contribution in [0.3, 0.4) is 0 Å². The van der Waals surface area contributed by atoms with E-state index < -0.39 is 10.0 Å². The van der Waals surface area contributed by atoms with E-state index in [-0.39, 0.29) is 0 Å². The number of allylic oxidation sites excluding steroid dienone is 2. The normalized spacial score (nSPS) is 16.6. The van der Waals surface area contributed by atoms with E-state index in [0.717, 1.165) is 5.56 Å². The van der Waals surface area contributed by atoms with Crippen molar-refractivity contribution < 1.29 is 8.42 Å². The van der Waals surface area contributed by atoms with Gasteiger partial charge in [0.2, 0.25) is 10.0 Å². The molecule has 1 N–H and O–H groups in total. The molecule has 1 aromatic rings. The highest BCUT2D eigenvalue weighted by atomic mass is 32.2. The van der Waals surface area contributed by atoms with Gasteiger partial charge < -0.3 is 0 Å². The average Bonchev–Trinajstić information content (AvgIpc) is 2.69. The molecule has 0 radical (unpaired) electrons. The van der Waals surface area contributed by atoms with Gasteiger partial charge in [-0.1, -0.05) is 12.2 Å². The minimum absolute atomic E-state index is 0.371. The van der Waals surface area contributed by atoms with Gasteiger partial charge in [-0.05, 0) is 6.08 Å². The van der Waals surface area contributed by atoms with E-state index in [0.29, 0.717) is 12.2 Å². The van der Waals surface area contributed by atoms with Gasteiger partial charge in [0.25, 0.3) is 0 Å². The van der Waals surface area contributed by atoms with Crippen LogP contribution in [0.25, 0.3) is 5.70 Å². The molecule has 0 amide bonds. The predicted octanol–water partition coefficient (Wildman–Crippen LogP) is 0.582. The van der Waals surface area contributed by atoms with Crippen LogP contribution in [0.4, 0.5) is 0 Å². The molecule has 0 atom stereocenters. The van der Waals surface area contributed by atoms with Gasteiger partial charge in [0.1, 0.15) is 0 Å². The third-order valence-electron chi connectivity index (χ3n) is 2.12. The van der Waals surface area contributed by atoms with Crippen molar-refractivity contribution in [1.29, 1.82) is 0 Å². The van der Waals surface area contributed by atoms with Crippen LogP contribution in [0.1, 0.15) is 5.56 Å². The zero-order valence-electron chi connectivity index (χ0n) is 8.21. The van der Waals surface area contributed by atoms with Gasteiger partial charge in [-0.15, -0.1) is 0 Å². The minimum Gasteiger partial charge on any atom is -0.285 e. The lowest BCUT2D eigenvalue weighted by atomic mass is 10.2. The molecule has 0 saturated carbocycles. The highest BCUT2D eigenvalue weighted by molar-refractivity contribution is 7.88. The van der Waals surface area contributed by atoms with Gasteiger partial charge in [0.05, 0.1) is 24.7 Å². The van der Waals surface area contributed by atoms with Gasteiger partial charge in [-0.3, -0.25) is 9.40 Å². The number of aromatic amines is 1. The van der Waals surface area contributed by atoms with E-state index in [4.69, 9.17) is 0 Å². The summed E-state index contributed by atoms with van der Waals surface area (Å²) in [5.74, 6) is 0. The molecule has 0 spiro atoms. The van der Waals surface area contributed by atoms with Crippen LogP contribution in [0, 0.1) is 0 Å². The van der Waals surface area contributed by atoms with Gasteiger partial charge in [-0.25, -0.2) is 8.42 Å². The number of hydrogen-bond donors (Lipinski definition) is 1. The van der Waals surface area contributed by atoms with E-state index >= 15 is 0 Å². The van der Waals surface area contributed by atoms with Gasteiger partial charge in [-0.2, -0.15) is 5.10 Å². The van der Waals surface area contributed by atoms with Gasteiger partial charge in [0.15, 0.2) is 0 Å². The summed E-state index contributed by atoms with van der Waals surface area (Å²) >= 11 is 0. The first-order chi connectivity index (χ1) is 7.09. The van der Waals surface area contributed by atoms with Gasteiger partial charge in [0, 0.05) is 11.8 Å². The lowest BCUT2D eigenvalue weighted by Gasteiger charge is -2.24. The maximum atomic E-state index is 11.5. The van der Waals surface area contributed by atoms with Crippen molar-refractivity contribution in [2.45, 2.75) is 0 Å². The maximum Gasteiger partial charge on any atom is 0.232 e. The topological polar surface area (TPSA) is 66.1 Å². The van der Waals surface area contributed by atoms with Crippen LogP contribution < -0.4 is 0 Å². The third-order valence-corrected chi connectivity index (χ3v) is 3.27. The van der Waals surface area contributed by atoms with Crippen molar-refractivity contribution in [2.75, 3.05) is 12.8 Å². The Hall–Kier alpha value is -1.56. The third kappa shape index (κ3) is 1.94. The SMILES string of the molecule is CS(=O)(=O)N1CC=CC=C1c1cn[nH]c1. The summed E-state index contributed by atoms with van der Waals surface area (Å²) < 4.78 is 24.4. The molecule has 15 heavy (non-hydrogen) atoms. The fourth-order valence-electron chi connectivity index (χ4n) is 1.44. The van der Waals surface area contributed by atoms with E-state index in [1.807, 2.05) is 6.08 Å². The van der Waals surface area contributed by atoms with E-state index in [1.165, 1.54) is 10.6 Å². The van der Waals surface area contributed by atoms with Crippen molar-refractivity contribution in [2.24, 2.45) is 0 Å². The van der Waals surface area contributed by atoms with Crippen molar-refractivity contribution in [1.82, 2.24) is 14.5 Å². The number of aromatic nitrogens is 2. The molecule has 0 unspecified atom stereocenters. The Morgan fingerprint density at radius 3 is 2.93 bits per heavy atom. The fraction of sp³-hybridized carbons (Fsp3) is 0.222. The second-order valence-corrected chi connectivity index (χ2v) is 5.17. The van der Waals surface area contributed by atoms with Crippen LogP contribution in [0.5, 0.6) is 0 Å². The summed E-state index contributed by atoms with van der Waals surface area (Å²) in [6.07, 6.45) is 9.86. The second kappa shape index (κ2) is 3.54. The Kier molecular flexibility index (Phi) is 2.36.